The number of aromatic hydroxyl groups is 1. The fourth-order valence-corrected chi connectivity index (χ4v) is 2.54. The molecule has 0 spiro atoms. The highest BCUT2D eigenvalue weighted by Crippen LogP contribution is 2.32. The van der Waals surface area contributed by atoms with Gasteiger partial charge in [-0.15, -0.1) is 0 Å². The van der Waals surface area contributed by atoms with Crippen molar-refractivity contribution < 1.29 is 19.4 Å². The van der Waals surface area contributed by atoms with Crippen molar-refractivity contribution in [3.63, 3.8) is 0 Å². The van der Waals surface area contributed by atoms with Crippen LogP contribution < -0.4 is 20.1 Å². The number of urea groups is 1. The summed E-state index contributed by atoms with van der Waals surface area (Å²) in [5.41, 5.74) is 2.00. The topological polar surface area (TPSA) is 79.8 Å². The number of benzene rings is 2. The highest BCUT2D eigenvalue weighted by atomic mass is 16.7. The van der Waals surface area contributed by atoms with Gasteiger partial charge in [0.05, 0.1) is 0 Å². The number of phenolic OH excluding ortho intramolecular Hbond substituents is 1. The van der Waals surface area contributed by atoms with Crippen molar-refractivity contribution >= 4 is 6.03 Å². The summed E-state index contributed by atoms with van der Waals surface area (Å²) in [4.78, 5) is 12.0. The normalized spacial score (nSPS) is 13.4. The predicted octanol–water partition coefficient (Wildman–Crippen LogP) is 2.55. The van der Waals surface area contributed by atoms with Crippen LogP contribution >= 0.6 is 0 Å². The van der Waals surface area contributed by atoms with Crippen LogP contribution in [0.5, 0.6) is 17.2 Å². The van der Waals surface area contributed by atoms with Gasteiger partial charge in [-0.05, 0) is 48.7 Å². The largest absolute Gasteiger partial charge is 0.508 e. The van der Waals surface area contributed by atoms with Crippen molar-refractivity contribution in [3.05, 3.63) is 53.6 Å². The van der Waals surface area contributed by atoms with Crippen molar-refractivity contribution in [2.75, 3.05) is 6.79 Å². The van der Waals surface area contributed by atoms with Gasteiger partial charge in [0.1, 0.15) is 5.75 Å². The Kier molecular flexibility index (Phi) is 4.74. The number of carbonyl (C=O) groups is 1. The second kappa shape index (κ2) is 7.12. The lowest BCUT2D eigenvalue weighted by Crippen LogP contribution is -2.41. The van der Waals surface area contributed by atoms with Crippen molar-refractivity contribution in [2.24, 2.45) is 0 Å². The third-order valence-electron chi connectivity index (χ3n) is 3.75. The molecule has 2 amide bonds. The number of hydrogen-bond donors (Lipinski definition) is 3. The number of carbonyl (C=O) groups excluding carboxylic acids is 1. The van der Waals surface area contributed by atoms with Crippen LogP contribution in [0.15, 0.2) is 42.5 Å². The van der Waals surface area contributed by atoms with E-state index in [4.69, 9.17) is 9.47 Å². The summed E-state index contributed by atoms with van der Waals surface area (Å²) in [5, 5.41) is 15.0. The maximum absolute atomic E-state index is 12.0. The van der Waals surface area contributed by atoms with E-state index in [1.165, 1.54) is 0 Å². The Hall–Kier alpha value is -2.89. The number of nitrogens with one attached hydrogen (secondary N) is 2. The molecule has 1 heterocycles. The summed E-state index contributed by atoms with van der Waals surface area (Å²) >= 11 is 0. The Bertz CT molecular complexity index is 715. The van der Waals surface area contributed by atoms with Gasteiger partial charge in [0.15, 0.2) is 11.5 Å². The first kappa shape index (κ1) is 16.0. The SMILES string of the molecule is C[C@@H](Cc1ccc(O)cc1)NC(=O)NCc1ccc2c(c1)OCO2. The minimum absolute atomic E-state index is 0.0219. The minimum atomic E-state index is -0.223. The summed E-state index contributed by atoms with van der Waals surface area (Å²) < 4.78 is 10.6. The standard InChI is InChI=1S/C18H20N2O4/c1-12(8-13-2-5-15(21)6-3-13)20-18(22)19-10-14-4-7-16-17(9-14)24-11-23-16/h2-7,9,12,21H,8,10-11H2,1H3,(H2,19,20,22)/t12-/m0/s1. The molecule has 24 heavy (non-hydrogen) atoms. The van der Waals surface area contributed by atoms with Crippen LogP contribution in [0.2, 0.25) is 0 Å². The van der Waals surface area contributed by atoms with E-state index in [2.05, 4.69) is 10.6 Å². The molecular weight excluding hydrogens is 308 g/mol. The molecule has 3 rings (SSSR count). The average molecular weight is 328 g/mol. The second-order valence-corrected chi connectivity index (χ2v) is 5.79. The van der Waals surface area contributed by atoms with E-state index in [0.29, 0.717) is 18.7 Å². The van der Waals surface area contributed by atoms with Crippen LogP contribution in [0.3, 0.4) is 0 Å². The monoisotopic (exact) mass is 328 g/mol. The van der Waals surface area contributed by atoms with Crippen molar-refractivity contribution in [1.29, 1.82) is 0 Å². The van der Waals surface area contributed by atoms with Crippen LogP contribution in [-0.2, 0) is 13.0 Å². The van der Waals surface area contributed by atoms with Gasteiger partial charge >= 0.3 is 6.03 Å². The molecule has 126 valence electrons. The smallest absolute Gasteiger partial charge is 0.315 e. The number of hydrogen-bond acceptors (Lipinski definition) is 4. The zero-order valence-corrected chi connectivity index (χ0v) is 13.4. The molecule has 0 radical (unpaired) electrons. The van der Waals surface area contributed by atoms with Gasteiger partial charge in [0.25, 0.3) is 0 Å². The fourth-order valence-electron chi connectivity index (χ4n) is 2.54. The number of ether oxygens (including phenoxy) is 2. The fraction of sp³-hybridized carbons (Fsp3) is 0.278. The molecule has 0 unspecified atom stereocenters. The molecule has 6 heteroatoms. The minimum Gasteiger partial charge on any atom is -0.508 e. The van der Waals surface area contributed by atoms with Gasteiger partial charge in [-0.3, -0.25) is 0 Å². The summed E-state index contributed by atoms with van der Waals surface area (Å²) in [5.74, 6) is 1.67. The van der Waals surface area contributed by atoms with Gasteiger partial charge in [-0.2, -0.15) is 0 Å². The zero-order valence-electron chi connectivity index (χ0n) is 13.4. The van der Waals surface area contributed by atoms with Crippen LogP contribution in [0.1, 0.15) is 18.1 Å². The summed E-state index contributed by atoms with van der Waals surface area (Å²) in [6.07, 6.45) is 0.692. The van der Waals surface area contributed by atoms with E-state index >= 15 is 0 Å². The molecule has 0 aliphatic carbocycles. The lowest BCUT2D eigenvalue weighted by Gasteiger charge is -2.15. The Labute approximate surface area is 140 Å². The molecule has 1 atom stereocenters. The Morgan fingerprint density at radius 2 is 1.83 bits per heavy atom. The van der Waals surface area contributed by atoms with Gasteiger partial charge in [-0.1, -0.05) is 18.2 Å². The first-order valence-electron chi connectivity index (χ1n) is 7.81. The quantitative estimate of drug-likeness (QED) is 0.788. The molecule has 1 aliphatic heterocycles. The van der Waals surface area contributed by atoms with Crippen LogP contribution in [0, 0.1) is 0 Å². The van der Waals surface area contributed by atoms with Gasteiger partial charge in [-0.25, -0.2) is 4.79 Å². The van der Waals surface area contributed by atoms with E-state index < -0.39 is 0 Å². The van der Waals surface area contributed by atoms with Gasteiger partial charge in [0, 0.05) is 12.6 Å². The molecule has 0 aromatic heterocycles. The van der Waals surface area contributed by atoms with E-state index in [9.17, 15) is 9.90 Å². The second-order valence-electron chi connectivity index (χ2n) is 5.79. The van der Waals surface area contributed by atoms with Gasteiger partial charge < -0.3 is 25.2 Å². The number of rotatable bonds is 5. The van der Waals surface area contributed by atoms with Gasteiger partial charge in [0.2, 0.25) is 6.79 Å². The molecule has 0 bridgehead atoms. The van der Waals surface area contributed by atoms with E-state index in [-0.39, 0.29) is 24.6 Å². The molecule has 0 fully saturated rings. The first-order chi connectivity index (χ1) is 11.6. The molecule has 2 aromatic rings. The highest BCUT2D eigenvalue weighted by molar-refractivity contribution is 5.74. The first-order valence-corrected chi connectivity index (χ1v) is 7.81. The summed E-state index contributed by atoms with van der Waals surface area (Å²) in [7, 11) is 0. The number of amides is 2. The number of fused-ring (bicyclic) bond motifs is 1. The van der Waals surface area contributed by atoms with E-state index in [1.54, 1.807) is 12.1 Å². The molecule has 1 aliphatic rings. The molecule has 3 N–H and O–H groups in total. The van der Waals surface area contributed by atoms with Crippen LogP contribution in [-0.4, -0.2) is 24.0 Å². The zero-order chi connectivity index (χ0) is 16.9. The molecular formula is C18H20N2O4. The maximum Gasteiger partial charge on any atom is 0.315 e. The molecule has 0 saturated carbocycles. The Morgan fingerprint density at radius 1 is 1.12 bits per heavy atom. The Balaban J connectivity index is 1.46. The lowest BCUT2D eigenvalue weighted by atomic mass is 10.1. The lowest BCUT2D eigenvalue weighted by molar-refractivity contribution is 0.174. The predicted molar refractivity (Wildman–Crippen MR) is 89.2 cm³/mol. The van der Waals surface area contributed by atoms with E-state index in [1.807, 2.05) is 37.3 Å². The van der Waals surface area contributed by atoms with Crippen molar-refractivity contribution in [2.45, 2.75) is 25.9 Å². The molecule has 6 nitrogen and oxygen atoms in total. The third kappa shape index (κ3) is 4.10. The van der Waals surface area contributed by atoms with Crippen molar-refractivity contribution in [1.82, 2.24) is 10.6 Å². The highest BCUT2D eigenvalue weighted by Gasteiger charge is 2.13. The maximum atomic E-state index is 12.0. The Morgan fingerprint density at radius 3 is 2.62 bits per heavy atom. The van der Waals surface area contributed by atoms with Crippen molar-refractivity contribution in [3.8, 4) is 17.2 Å². The van der Waals surface area contributed by atoms with Crippen LogP contribution in [0.25, 0.3) is 0 Å². The number of phenols is 1. The summed E-state index contributed by atoms with van der Waals surface area (Å²) in [6.45, 7) is 2.59. The third-order valence-corrected chi connectivity index (χ3v) is 3.75. The summed E-state index contributed by atoms with van der Waals surface area (Å²) in [6, 6.07) is 12.3. The average Bonchev–Trinajstić information content (AvgIpc) is 3.02. The molecule has 2 aromatic carbocycles. The van der Waals surface area contributed by atoms with E-state index in [0.717, 1.165) is 16.9 Å². The van der Waals surface area contributed by atoms with Crippen LogP contribution in [0.4, 0.5) is 4.79 Å². The molecule has 0 saturated heterocycles.